The predicted octanol–water partition coefficient (Wildman–Crippen LogP) is 3.62. The number of pyridine rings is 1. The van der Waals surface area contributed by atoms with Crippen LogP contribution in [0.4, 0.5) is 0 Å². The summed E-state index contributed by atoms with van der Waals surface area (Å²) in [6.07, 6.45) is 1.59. The van der Waals surface area contributed by atoms with Gasteiger partial charge < -0.3 is 9.84 Å². The molecular weight excluding hydrogens is 396 g/mol. The maximum Gasteiger partial charge on any atom is 0.310 e. The van der Waals surface area contributed by atoms with E-state index in [-0.39, 0.29) is 30.2 Å². The summed E-state index contributed by atoms with van der Waals surface area (Å²) in [5.41, 5.74) is 1.89. The van der Waals surface area contributed by atoms with Crippen LogP contribution in [-0.4, -0.2) is 38.4 Å². The molecule has 0 fully saturated rings. The Morgan fingerprint density at radius 1 is 0.968 bits per heavy atom. The fraction of sp³-hybridized carbons (Fsp3) is 0.250. The van der Waals surface area contributed by atoms with Crippen molar-refractivity contribution in [1.29, 1.82) is 0 Å². The summed E-state index contributed by atoms with van der Waals surface area (Å²) in [6.45, 7) is 5.54. The third-order valence-corrected chi connectivity index (χ3v) is 4.95. The lowest BCUT2D eigenvalue weighted by Crippen LogP contribution is -2.39. The summed E-state index contributed by atoms with van der Waals surface area (Å²) < 4.78 is 5.33. The van der Waals surface area contributed by atoms with E-state index in [4.69, 9.17) is 4.74 Å². The molecule has 1 aromatic heterocycles. The Bertz CT molecular complexity index is 1190. The fourth-order valence-electron chi connectivity index (χ4n) is 3.63. The second-order valence-corrected chi connectivity index (χ2v) is 8.49. The average Bonchev–Trinajstić information content (AvgIpc) is 2.70. The minimum Gasteiger partial charge on any atom is -0.506 e. The number of aromatic hydroxyl groups is 1. The van der Waals surface area contributed by atoms with Crippen LogP contribution >= 0.6 is 0 Å². The number of hydrogen-bond donors (Lipinski definition) is 1. The molecule has 0 saturated heterocycles. The summed E-state index contributed by atoms with van der Waals surface area (Å²) in [4.78, 5) is 43.3. The Labute approximate surface area is 179 Å². The minimum absolute atomic E-state index is 0.0739. The lowest BCUT2D eigenvalue weighted by atomic mass is 9.96. The molecule has 0 unspecified atom stereocenters. The highest BCUT2D eigenvalue weighted by Gasteiger charge is 2.33. The zero-order valence-corrected chi connectivity index (χ0v) is 17.5. The van der Waals surface area contributed by atoms with Crippen LogP contribution in [0.1, 0.15) is 52.6 Å². The van der Waals surface area contributed by atoms with Crippen molar-refractivity contribution in [2.75, 3.05) is 0 Å². The zero-order valence-electron chi connectivity index (χ0n) is 17.5. The molecule has 2 aromatic carbocycles. The molecule has 1 aliphatic heterocycles. The van der Waals surface area contributed by atoms with Crippen molar-refractivity contribution in [3.63, 3.8) is 0 Å². The third kappa shape index (κ3) is 3.99. The number of amides is 2. The molecule has 1 N–H and O–H groups in total. The smallest absolute Gasteiger partial charge is 0.310 e. The van der Waals surface area contributed by atoms with Gasteiger partial charge in [-0.2, -0.15) is 0 Å². The topological polar surface area (TPSA) is 96.8 Å². The van der Waals surface area contributed by atoms with Gasteiger partial charge in [-0.05, 0) is 50.1 Å². The van der Waals surface area contributed by atoms with Gasteiger partial charge in [-0.3, -0.25) is 24.3 Å². The van der Waals surface area contributed by atoms with Crippen LogP contribution in [0, 0.1) is 0 Å². The molecule has 0 atom stereocenters. The van der Waals surface area contributed by atoms with Crippen LogP contribution in [-0.2, 0) is 22.5 Å². The van der Waals surface area contributed by atoms with E-state index in [0.29, 0.717) is 16.5 Å². The van der Waals surface area contributed by atoms with Crippen LogP contribution in [0.2, 0.25) is 0 Å². The maximum absolute atomic E-state index is 13.0. The van der Waals surface area contributed by atoms with E-state index in [1.807, 2.05) is 20.8 Å². The summed E-state index contributed by atoms with van der Waals surface area (Å²) >= 11 is 0. The number of aromatic nitrogens is 1. The monoisotopic (exact) mass is 418 g/mol. The van der Waals surface area contributed by atoms with E-state index in [2.05, 4.69) is 4.98 Å². The van der Waals surface area contributed by atoms with Gasteiger partial charge in [0.1, 0.15) is 16.9 Å². The zero-order chi connectivity index (χ0) is 22.3. The molecule has 0 spiro atoms. The van der Waals surface area contributed by atoms with Crippen molar-refractivity contribution in [2.24, 2.45) is 0 Å². The van der Waals surface area contributed by atoms with E-state index in [0.717, 1.165) is 11.1 Å². The molecule has 0 saturated carbocycles. The third-order valence-electron chi connectivity index (χ3n) is 4.95. The normalized spacial score (nSPS) is 13.6. The maximum atomic E-state index is 13.0. The number of nitrogens with zero attached hydrogens (tertiary/aromatic N) is 2. The van der Waals surface area contributed by atoms with Gasteiger partial charge in [0, 0.05) is 11.6 Å². The highest BCUT2D eigenvalue weighted by molar-refractivity contribution is 6.25. The fourth-order valence-corrected chi connectivity index (χ4v) is 3.63. The van der Waals surface area contributed by atoms with Crippen LogP contribution < -0.4 is 0 Å². The number of rotatable bonds is 4. The first-order valence-corrected chi connectivity index (χ1v) is 9.90. The number of hydrogen-bond acceptors (Lipinski definition) is 6. The number of esters is 1. The first-order valence-electron chi connectivity index (χ1n) is 9.90. The second-order valence-electron chi connectivity index (χ2n) is 8.49. The summed E-state index contributed by atoms with van der Waals surface area (Å²) in [7, 11) is 0. The molecule has 0 aliphatic carbocycles. The Balaban J connectivity index is 1.55. The van der Waals surface area contributed by atoms with E-state index >= 15 is 0 Å². The number of ether oxygens (including phenoxy) is 1. The van der Waals surface area contributed by atoms with Crippen LogP contribution in [0.3, 0.4) is 0 Å². The van der Waals surface area contributed by atoms with Gasteiger partial charge >= 0.3 is 5.97 Å². The molecule has 3 aromatic rings. The molecule has 0 radical (unpaired) electrons. The Morgan fingerprint density at radius 3 is 2.23 bits per heavy atom. The van der Waals surface area contributed by atoms with Gasteiger partial charge in [-0.25, -0.2) is 0 Å². The van der Waals surface area contributed by atoms with Gasteiger partial charge in [-0.15, -0.1) is 0 Å². The number of benzene rings is 2. The van der Waals surface area contributed by atoms with Crippen molar-refractivity contribution in [3.8, 4) is 5.75 Å². The van der Waals surface area contributed by atoms with Gasteiger partial charge in [-0.1, -0.05) is 24.3 Å². The van der Waals surface area contributed by atoms with Crippen molar-refractivity contribution >= 4 is 28.7 Å². The number of carbonyl (C=O) groups is 3. The van der Waals surface area contributed by atoms with Gasteiger partial charge in [0.25, 0.3) is 11.8 Å². The predicted molar refractivity (Wildman–Crippen MR) is 114 cm³/mol. The number of phenolic OH excluding ortho intramolecular Hbond substituents is 1. The second kappa shape index (κ2) is 7.50. The van der Waals surface area contributed by atoms with Crippen molar-refractivity contribution in [1.82, 2.24) is 9.88 Å². The van der Waals surface area contributed by atoms with E-state index in [1.54, 1.807) is 30.3 Å². The quantitative estimate of drug-likeness (QED) is 0.513. The van der Waals surface area contributed by atoms with Gasteiger partial charge in [0.15, 0.2) is 0 Å². The molecule has 158 valence electrons. The first kappa shape index (κ1) is 20.5. The minimum atomic E-state index is -0.544. The molecular formula is C24H22N2O5. The number of imide groups is 1. The van der Waals surface area contributed by atoms with E-state index < -0.39 is 17.4 Å². The SMILES string of the molecule is CC(C)(C)OC(=O)Cc1ccc(CN2C(=O)c3ccnc4c(O)ccc(c34)C2=O)cc1. The van der Waals surface area contributed by atoms with Crippen molar-refractivity contribution < 1.29 is 24.2 Å². The number of phenols is 1. The Kier molecular flexibility index (Phi) is 4.97. The van der Waals surface area contributed by atoms with Crippen molar-refractivity contribution in [3.05, 3.63) is 70.9 Å². The highest BCUT2D eigenvalue weighted by Crippen LogP contribution is 2.34. The highest BCUT2D eigenvalue weighted by atomic mass is 16.6. The van der Waals surface area contributed by atoms with Crippen LogP contribution in [0.25, 0.3) is 10.9 Å². The lowest BCUT2D eigenvalue weighted by molar-refractivity contribution is -0.153. The first-order chi connectivity index (χ1) is 14.6. The van der Waals surface area contributed by atoms with E-state index in [1.165, 1.54) is 23.2 Å². The van der Waals surface area contributed by atoms with Crippen LogP contribution in [0.15, 0.2) is 48.7 Å². The summed E-state index contributed by atoms with van der Waals surface area (Å²) in [5, 5.41) is 10.4. The summed E-state index contributed by atoms with van der Waals surface area (Å²) in [5.74, 6) is -1.26. The standard InChI is InChI=1S/C24H22N2O5/c1-24(2,3)31-19(28)12-14-4-6-15(7-5-14)13-26-22(29)16-8-9-18(27)21-20(16)17(23(26)30)10-11-25-21/h4-11,27H,12-13H2,1-3H3. The molecule has 1 aliphatic rings. The Hall–Kier alpha value is -3.74. The largest absolute Gasteiger partial charge is 0.506 e. The molecule has 4 rings (SSSR count). The van der Waals surface area contributed by atoms with Gasteiger partial charge in [0.05, 0.1) is 24.1 Å². The molecule has 2 amide bonds. The molecule has 0 bridgehead atoms. The van der Waals surface area contributed by atoms with E-state index in [9.17, 15) is 19.5 Å². The van der Waals surface area contributed by atoms with Gasteiger partial charge in [0.2, 0.25) is 0 Å². The molecule has 7 nitrogen and oxygen atoms in total. The molecule has 2 heterocycles. The molecule has 7 heteroatoms. The van der Waals surface area contributed by atoms with Crippen LogP contribution in [0.5, 0.6) is 5.75 Å². The lowest BCUT2D eigenvalue weighted by Gasteiger charge is -2.27. The summed E-state index contributed by atoms with van der Waals surface area (Å²) in [6, 6.07) is 11.6. The average molecular weight is 418 g/mol. The molecule has 31 heavy (non-hydrogen) atoms. The number of carbonyl (C=O) groups excluding carboxylic acids is 3. The Morgan fingerprint density at radius 2 is 1.58 bits per heavy atom. The van der Waals surface area contributed by atoms with Crippen molar-refractivity contribution in [2.45, 2.75) is 39.3 Å².